The fourth-order valence-electron chi connectivity index (χ4n) is 9.35. The monoisotopic (exact) mass is 730 g/mol. The fraction of sp³-hybridized carbons (Fsp3) is 0.123. The van der Waals surface area contributed by atoms with Crippen molar-refractivity contribution in [3.8, 4) is 77.9 Å². The molecule has 1 aliphatic carbocycles. The smallest absolute Gasteiger partial charge is 0.000741 e. The summed E-state index contributed by atoms with van der Waals surface area (Å²) >= 11 is 0. The lowest BCUT2D eigenvalue weighted by atomic mass is 9.81. The van der Waals surface area contributed by atoms with Crippen molar-refractivity contribution in [1.29, 1.82) is 0 Å². The van der Waals surface area contributed by atoms with Crippen molar-refractivity contribution < 1.29 is 0 Å². The van der Waals surface area contributed by atoms with Crippen molar-refractivity contribution in [2.24, 2.45) is 0 Å². The van der Waals surface area contributed by atoms with Gasteiger partial charge in [0.1, 0.15) is 0 Å². The summed E-state index contributed by atoms with van der Waals surface area (Å²) in [6.45, 7) is 11.4. The molecule has 9 aromatic carbocycles. The van der Waals surface area contributed by atoms with Gasteiger partial charge >= 0.3 is 0 Å². The molecular weight excluding hydrogens is 685 g/mol. The van der Waals surface area contributed by atoms with Gasteiger partial charge in [0.25, 0.3) is 0 Å². The van der Waals surface area contributed by atoms with Gasteiger partial charge in [-0.25, -0.2) is 0 Å². The molecule has 274 valence electrons. The topological polar surface area (TPSA) is 0 Å². The van der Waals surface area contributed by atoms with Gasteiger partial charge < -0.3 is 0 Å². The van der Waals surface area contributed by atoms with Gasteiger partial charge in [0.05, 0.1) is 0 Å². The molecular formula is C57H46. The molecule has 0 bridgehead atoms. The lowest BCUT2D eigenvalue weighted by Crippen LogP contribution is -2.10. The van der Waals surface area contributed by atoms with Crippen molar-refractivity contribution in [1.82, 2.24) is 0 Å². The van der Waals surface area contributed by atoms with Crippen LogP contribution < -0.4 is 0 Å². The highest BCUT2D eigenvalue weighted by molar-refractivity contribution is 6.29. The van der Waals surface area contributed by atoms with Crippen molar-refractivity contribution >= 4 is 21.5 Å². The van der Waals surface area contributed by atoms with E-state index in [0.29, 0.717) is 5.92 Å². The van der Waals surface area contributed by atoms with E-state index in [1.807, 2.05) is 0 Å². The summed E-state index contributed by atoms with van der Waals surface area (Å²) in [5, 5.41) is 5.18. The summed E-state index contributed by atoms with van der Waals surface area (Å²) in [6.07, 6.45) is 0. The number of fused-ring (bicyclic) bond motifs is 4. The normalized spacial score (nSPS) is 12.1. The van der Waals surface area contributed by atoms with Crippen LogP contribution in [0.1, 0.15) is 51.7 Å². The van der Waals surface area contributed by atoms with Crippen LogP contribution in [0.2, 0.25) is 0 Å². The van der Waals surface area contributed by atoms with E-state index < -0.39 is 0 Å². The molecule has 0 spiro atoms. The molecule has 0 aromatic heterocycles. The average Bonchev–Trinajstić information content (AvgIpc) is 3.58. The van der Waals surface area contributed by atoms with E-state index in [9.17, 15) is 0 Å². The third-order valence-corrected chi connectivity index (χ3v) is 12.2. The van der Waals surface area contributed by atoms with Crippen LogP contribution in [-0.2, 0) is 5.41 Å². The highest BCUT2D eigenvalue weighted by Gasteiger charge is 2.32. The summed E-state index contributed by atoms with van der Waals surface area (Å²) in [5.41, 5.74) is 20.6. The Balaban J connectivity index is 1.32. The molecule has 0 aliphatic heterocycles. The molecule has 0 saturated carbocycles. The molecule has 0 nitrogen and oxygen atoms in total. The number of benzene rings is 9. The molecule has 1 aliphatic rings. The maximum atomic E-state index is 2.43. The average molecular weight is 731 g/mol. The van der Waals surface area contributed by atoms with E-state index in [-0.39, 0.29) is 5.41 Å². The van der Waals surface area contributed by atoms with Crippen LogP contribution in [0.3, 0.4) is 0 Å². The van der Waals surface area contributed by atoms with E-state index in [2.05, 4.69) is 217 Å². The summed E-state index contributed by atoms with van der Waals surface area (Å²) in [5.74, 6) is 0.468. The number of rotatable bonds is 6. The maximum absolute atomic E-state index is 2.43. The lowest BCUT2D eigenvalue weighted by Gasteiger charge is -2.22. The highest BCUT2D eigenvalue weighted by atomic mass is 14.3. The Morgan fingerprint density at radius 1 is 0.316 bits per heavy atom. The molecule has 0 saturated heterocycles. The minimum Gasteiger partial charge on any atom is -0.0622 e. The second-order valence-electron chi connectivity index (χ2n) is 17.0. The van der Waals surface area contributed by atoms with Gasteiger partial charge in [0, 0.05) is 0 Å². The predicted molar refractivity (Wildman–Crippen MR) is 246 cm³/mol. The minimum absolute atomic E-state index is 0.0709. The summed E-state index contributed by atoms with van der Waals surface area (Å²) < 4.78 is 0. The van der Waals surface area contributed by atoms with E-state index in [0.717, 1.165) is 0 Å². The van der Waals surface area contributed by atoms with E-state index in [1.165, 1.54) is 111 Å². The first-order chi connectivity index (χ1) is 27.8. The van der Waals surface area contributed by atoms with Crippen molar-refractivity contribution in [3.63, 3.8) is 0 Å². The van der Waals surface area contributed by atoms with Crippen LogP contribution in [0.15, 0.2) is 182 Å². The van der Waals surface area contributed by atoms with Crippen LogP contribution in [0.4, 0.5) is 0 Å². The van der Waals surface area contributed by atoms with Crippen LogP contribution in [0.25, 0.3) is 99.4 Å². The van der Waals surface area contributed by atoms with Crippen molar-refractivity contribution in [2.45, 2.75) is 46.0 Å². The summed E-state index contributed by atoms with van der Waals surface area (Å²) in [7, 11) is 0. The molecule has 0 N–H and O–H groups in total. The third-order valence-electron chi connectivity index (χ3n) is 12.2. The summed E-state index contributed by atoms with van der Waals surface area (Å²) in [4.78, 5) is 0. The Morgan fingerprint density at radius 3 is 1.28 bits per heavy atom. The number of hydrogen-bond donors (Lipinski definition) is 0. The first kappa shape index (κ1) is 35.0. The van der Waals surface area contributed by atoms with Gasteiger partial charge in [-0.3, -0.25) is 0 Å². The quantitative estimate of drug-likeness (QED) is 0.160. The molecule has 0 heterocycles. The zero-order valence-corrected chi connectivity index (χ0v) is 33.4. The fourth-order valence-corrected chi connectivity index (χ4v) is 9.35. The molecule has 0 heteroatoms. The van der Waals surface area contributed by atoms with E-state index >= 15 is 0 Å². The zero-order valence-electron chi connectivity index (χ0n) is 33.4. The lowest BCUT2D eigenvalue weighted by molar-refractivity contribution is 0.590. The Kier molecular flexibility index (Phi) is 8.34. The Bertz CT molecular complexity index is 2900. The van der Waals surface area contributed by atoms with Crippen LogP contribution in [-0.4, -0.2) is 0 Å². The molecule has 9 aromatic rings. The van der Waals surface area contributed by atoms with Crippen molar-refractivity contribution in [2.75, 3.05) is 0 Å². The Labute approximate surface area is 337 Å². The van der Waals surface area contributed by atoms with Gasteiger partial charge in [0.2, 0.25) is 0 Å². The van der Waals surface area contributed by atoms with Crippen molar-refractivity contribution in [3.05, 3.63) is 193 Å². The molecule has 10 rings (SSSR count). The largest absolute Gasteiger partial charge is 0.0622 e. The molecule has 0 radical (unpaired) electrons. The SMILES string of the molecule is CC(C)c1ccc(-c2c3c(c(-c4ccc(C(C)(C)C)cc4)c4ccccc24)-c2ccc(-c4c(-c5ccccc5)cccc4-c4ccccc4)c4cccc-3c24)cc1. The standard InChI is InChI=1S/C57H46/c1-36(2)37-26-28-40(29-27-37)51-45-20-12-13-21-46(45)52(41-30-32-42(33-31-41)57(3,4)5)56-50-35-34-48(47-24-15-25-49(54(47)50)55(51)56)53-43(38-16-8-6-9-17-38)22-14-23-44(53)39-18-10-7-11-19-39/h6-36H,1-5H3. The van der Waals surface area contributed by atoms with Gasteiger partial charge in [-0.2, -0.15) is 0 Å². The Hall–Kier alpha value is -6.50. The van der Waals surface area contributed by atoms with Gasteiger partial charge in [0.15, 0.2) is 0 Å². The predicted octanol–water partition coefficient (Wildman–Crippen LogP) is 16.4. The van der Waals surface area contributed by atoms with Crippen LogP contribution in [0, 0.1) is 0 Å². The molecule has 0 unspecified atom stereocenters. The molecule has 57 heavy (non-hydrogen) atoms. The van der Waals surface area contributed by atoms with Crippen LogP contribution >= 0.6 is 0 Å². The van der Waals surface area contributed by atoms with Gasteiger partial charge in [-0.05, 0) is 122 Å². The Morgan fingerprint density at radius 2 is 0.754 bits per heavy atom. The van der Waals surface area contributed by atoms with E-state index in [1.54, 1.807) is 0 Å². The zero-order chi connectivity index (χ0) is 38.8. The summed E-state index contributed by atoms with van der Waals surface area (Å²) in [6, 6.07) is 68.2. The number of hydrogen-bond acceptors (Lipinski definition) is 0. The highest BCUT2D eigenvalue weighted by Crippen LogP contribution is 2.59. The third kappa shape index (κ3) is 5.74. The van der Waals surface area contributed by atoms with E-state index in [4.69, 9.17) is 0 Å². The molecule has 0 atom stereocenters. The first-order valence-electron chi connectivity index (χ1n) is 20.4. The first-order valence-corrected chi connectivity index (χ1v) is 20.4. The maximum Gasteiger partial charge on any atom is -0.000741 e. The second-order valence-corrected chi connectivity index (χ2v) is 17.0. The van der Waals surface area contributed by atoms with Crippen LogP contribution in [0.5, 0.6) is 0 Å². The molecule has 0 fully saturated rings. The van der Waals surface area contributed by atoms with Gasteiger partial charge in [-0.1, -0.05) is 217 Å². The molecule has 0 amide bonds. The van der Waals surface area contributed by atoms with Gasteiger partial charge in [-0.15, -0.1) is 0 Å². The second kappa shape index (κ2) is 13.6. The minimum atomic E-state index is 0.0709.